The van der Waals surface area contributed by atoms with Crippen LogP contribution in [0, 0.1) is 0 Å². The Bertz CT molecular complexity index is 719. The fourth-order valence-electron chi connectivity index (χ4n) is 2.74. The molecule has 1 heterocycles. The van der Waals surface area contributed by atoms with Crippen LogP contribution in [0.2, 0.25) is 0 Å². The van der Waals surface area contributed by atoms with E-state index in [9.17, 15) is 22.8 Å². The predicted molar refractivity (Wildman–Crippen MR) is 94.2 cm³/mol. The van der Waals surface area contributed by atoms with Crippen molar-refractivity contribution < 1.29 is 37.0 Å². The molecule has 0 radical (unpaired) electrons. The summed E-state index contributed by atoms with van der Waals surface area (Å²) in [5.74, 6) is -0.943. The number of carbonyl (C=O) groups excluding carboxylic acids is 2. The third-order valence-corrected chi connectivity index (χ3v) is 4.05. The molecule has 0 N–H and O–H groups in total. The van der Waals surface area contributed by atoms with Gasteiger partial charge >= 0.3 is 18.2 Å². The van der Waals surface area contributed by atoms with Crippen molar-refractivity contribution in [2.75, 3.05) is 20.2 Å². The summed E-state index contributed by atoms with van der Waals surface area (Å²) >= 11 is 0. The van der Waals surface area contributed by atoms with E-state index in [1.54, 1.807) is 20.8 Å². The zero-order valence-corrected chi connectivity index (χ0v) is 16.3. The number of halogens is 3. The van der Waals surface area contributed by atoms with E-state index in [4.69, 9.17) is 9.47 Å². The highest BCUT2D eigenvalue weighted by molar-refractivity contribution is 5.90. The van der Waals surface area contributed by atoms with E-state index in [0.29, 0.717) is 25.9 Å². The first kappa shape index (κ1) is 21.8. The number of nitrogens with zero attached hydrogens (tertiary/aromatic N) is 1. The average molecular weight is 403 g/mol. The maximum atomic E-state index is 13.1. The van der Waals surface area contributed by atoms with Crippen LogP contribution in [0.25, 0.3) is 0 Å². The summed E-state index contributed by atoms with van der Waals surface area (Å²) in [7, 11) is 1.09. The van der Waals surface area contributed by atoms with Crippen LogP contribution in [0.1, 0.15) is 49.5 Å². The Kier molecular flexibility index (Phi) is 6.46. The van der Waals surface area contributed by atoms with Gasteiger partial charge in [-0.25, -0.2) is 9.59 Å². The number of amides is 1. The Morgan fingerprint density at radius 3 is 2.18 bits per heavy atom. The normalized spacial score (nSPS) is 15.9. The van der Waals surface area contributed by atoms with Gasteiger partial charge in [0, 0.05) is 25.9 Å². The third kappa shape index (κ3) is 6.03. The van der Waals surface area contributed by atoms with Gasteiger partial charge in [-0.05, 0) is 39.0 Å². The molecule has 2 rings (SSSR count). The number of ether oxygens (including phenoxy) is 3. The van der Waals surface area contributed by atoms with Crippen molar-refractivity contribution in [1.29, 1.82) is 0 Å². The number of piperidine rings is 1. The molecule has 1 saturated heterocycles. The first-order valence-electron chi connectivity index (χ1n) is 8.84. The summed E-state index contributed by atoms with van der Waals surface area (Å²) in [6.45, 7) is 6.04. The van der Waals surface area contributed by atoms with Crippen LogP contribution in [0.15, 0.2) is 18.2 Å². The molecule has 28 heavy (non-hydrogen) atoms. The molecule has 1 aromatic rings. The van der Waals surface area contributed by atoms with E-state index in [0.717, 1.165) is 19.2 Å². The number of hydrogen-bond donors (Lipinski definition) is 0. The van der Waals surface area contributed by atoms with Crippen molar-refractivity contribution in [2.24, 2.45) is 0 Å². The van der Waals surface area contributed by atoms with Gasteiger partial charge in [-0.3, -0.25) is 0 Å². The summed E-state index contributed by atoms with van der Waals surface area (Å²) in [6, 6.07) is 2.80. The molecule has 1 aliphatic rings. The maximum Gasteiger partial charge on any atom is 0.416 e. The number of alkyl halides is 3. The van der Waals surface area contributed by atoms with Gasteiger partial charge in [-0.2, -0.15) is 13.2 Å². The van der Waals surface area contributed by atoms with E-state index < -0.39 is 29.4 Å². The largest absolute Gasteiger partial charge is 0.490 e. The lowest BCUT2D eigenvalue weighted by molar-refractivity contribution is -0.137. The second kappa shape index (κ2) is 8.28. The van der Waals surface area contributed by atoms with E-state index in [2.05, 4.69) is 4.74 Å². The van der Waals surface area contributed by atoms with Gasteiger partial charge in [0.2, 0.25) is 0 Å². The molecule has 0 aromatic heterocycles. The molecule has 0 spiro atoms. The van der Waals surface area contributed by atoms with Gasteiger partial charge in [-0.1, -0.05) is 0 Å². The number of rotatable bonds is 3. The van der Waals surface area contributed by atoms with Crippen LogP contribution in [-0.4, -0.2) is 48.9 Å². The van der Waals surface area contributed by atoms with E-state index in [1.165, 1.54) is 11.0 Å². The predicted octanol–water partition coefficient (Wildman–Crippen LogP) is 4.27. The van der Waals surface area contributed by atoms with Gasteiger partial charge in [0.25, 0.3) is 0 Å². The van der Waals surface area contributed by atoms with Crippen molar-refractivity contribution in [3.05, 3.63) is 29.3 Å². The lowest BCUT2D eigenvalue weighted by Gasteiger charge is -2.33. The van der Waals surface area contributed by atoms with Crippen LogP contribution >= 0.6 is 0 Å². The molecular formula is C19H24F3NO5. The van der Waals surface area contributed by atoms with E-state index in [1.807, 2.05) is 0 Å². The van der Waals surface area contributed by atoms with E-state index >= 15 is 0 Å². The fraction of sp³-hybridized carbons (Fsp3) is 0.579. The lowest BCUT2D eigenvalue weighted by Crippen LogP contribution is -2.44. The Labute approximate surface area is 161 Å². The summed E-state index contributed by atoms with van der Waals surface area (Å²) in [5.41, 5.74) is -1.83. The van der Waals surface area contributed by atoms with Crippen LogP contribution in [-0.2, 0) is 15.7 Å². The van der Waals surface area contributed by atoms with Gasteiger partial charge in [0.05, 0.1) is 18.2 Å². The summed E-state index contributed by atoms with van der Waals surface area (Å²) in [4.78, 5) is 25.3. The van der Waals surface area contributed by atoms with Crippen molar-refractivity contribution in [1.82, 2.24) is 4.90 Å². The number of carbonyl (C=O) groups is 2. The average Bonchev–Trinajstić information content (AvgIpc) is 2.59. The third-order valence-electron chi connectivity index (χ3n) is 4.05. The highest BCUT2D eigenvalue weighted by Gasteiger charge is 2.33. The molecule has 0 aliphatic carbocycles. The minimum atomic E-state index is -4.62. The zero-order valence-electron chi connectivity index (χ0n) is 16.3. The highest BCUT2D eigenvalue weighted by atomic mass is 19.4. The van der Waals surface area contributed by atoms with Gasteiger partial charge in [-0.15, -0.1) is 0 Å². The first-order valence-corrected chi connectivity index (χ1v) is 8.84. The first-order chi connectivity index (χ1) is 12.9. The van der Waals surface area contributed by atoms with Crippen LogP contribution < -0.4 is 4.74 Å². The highest BCUT2D eigenvalue weighted by Crippen LogP contribution is 2.33. The Hall–Kier alpha value is -2.45. The monoisotopic (exact) mass is 403 g/mol. The van der Waals surface area contributed by atoms with Crippen LogP contribution in [0.3, 0.4) is 0 Å². The molecule has 1 fully saturated rings. The van der Waals surface area contributed by atoms with Crippen LogP contribution in [0.4, 0.5) is 18.0 Å². The second-order valence-electron chi connectivity index (χ2n) is 7.52. The number of methoxy groups -OCH3 is 1. The minimum Gasteiger partial charge on any atom is -0.490 e. The molecule has 0 bridgehead atoms. The summed E-state index contributed by atoms with van der Waals surface area (Å²) in [5, 5.41) is 0. The maximum absolute atomic E-state index is 13.1. The van der Waals surface area contributed by atoms with Crippen molar-refractivity contribution >= 4 is 12.1 Å². The lowest BCUT2D eigenvalue weighted by atomic mass is 10.1. The zero-order chi connectivity index (χ0) is 21.1. The standard InChI is InChI=1S/C19H24F3NO5/c1-18(2,3)28-17(25)23-7-5-14(6-8-23)27-15-10-12(16(24)26-4)9-13(11-15)19(20,21)22/h9-11,14H,5-8H2,1-4H3. The second-order valence-corrected chi connectivity index (χ2v) is 7.52. The fourth-order valence-corrected chi connectivity index (χ4v) is 2.74. The topological polar surface area (TPSA) is 65.1 Å². The quantitative estimate of drug-likeness (QED) is 0.706. The summed E-state index contributed by atoms with van der Waals surface area (Å²) in [6.07, 6.45) is -4.57. The number of esters is 1. The van der Waals surface area contributed by atoms with Gasteiger partial charge in [0.1, 0.15) is 17.5 Å². The smallest absolute Gasteiger partial charge is 0.416 e. The molecule has 156 valence electrons. The molecule has 1 aliphatic heterocycles. The molecular weight excluding hydrogens is 379 g/mol. The summed E-state index contributed by atoms with van der Waals surface area (Å²) < 4.78 is 54.8. The number of benzene rings is 1. The van der Waals surface area contributed by atoms with Crippen LogP contribution in [0.5, 0.6) is 5.75 Å². The number of hydrogen-bond acceptors (Lipinski definition) is 5. The Morgan fingerprint density at radius 2 is 1.68 bits per heavy atom. The molecule has 0 saturated carbocycles. The molecule has 9 heteroatoms. The molecule has 0 unspecified atom stereocenters. The molecule has 1 aromatic carbocycles. The SMILES string of the molecule is COC(=O)c1cc(OC2CCN(C(=O)OC(C)(C)C)CC2)cc(C(F)(F)F)c1. The Morgan fingerprint density at radius 1 is 1.07 bits per heavy atom. The van der Waals surface area contributed by atoms with Gasteiger partial charge in [0.15, 0.2) is 0 Å². The van der Waals surface area contributed by atoms with Crippen molar-refractivity contribution in [2.45, 2.75) is 51.5 Å². The number of likely N-dealkylation sites (tertiary alicyclic amines) is 1. The van der Waals surface area contributed by atoms with Crippen molar-refractivity contribution in [3.8, 4) is 5.75 Å². The van der Waals surface area contributed by atoms with Crippen molar-refractivity contribution in [3.63, 3.8) is 0 Å². The van der Waals surface area contributed by atoms with E-state index in [-0.39, 0.29) is 17.4 Å². The Balaban J connectivity index is 2.06. The molecule has 1 amide bonds. The molecule has 6 nitrogen and oxygen atoms in total. The molecule has 0 atom stereocenters. The van der Waals surface area contributed by atoms with Gasteiger partial charge < -0.3 is 19.1 Å². The minimum absolute atomic E-state index is 0.0639.